The monoisotopic (exact) mass is 339 g/mol. The van der Waals surface area contributed by atoms with Gasteiger partial charge in [-0.1, -0.05) is 11.6 Å². The van der Waals surface area contributed by atoms with Crippen LogP contribution in [0.15, 0.2) is 0 Å². The Kier molecular flexibility index (Phi) is 4.33. The van der Waals surface area contributed by atoms with Crippen molar-refractivity contribution < 1.29 is 9.53 Å². The van der Waals surface area contributed by atoms with Crippen LogP contribution in [0, 0.1) is 12.3 Å². The number of hydrogen-bond acceptors (Lipinski definition) is 6. The predicted octanol–water partition coefficient (Wildman–Crippen LogP) is 1.10. The van der Waals surface area contributed by atoms with Gasteiger partial charge in [0, 0.05) is 33.3 Å². The third-order valence-corrected chi connectivity index (χ3v) is 5.28. The van der Waals surface area contributed by atoms with Gasteiger partial charge in [0.05, 0.1) is 17.7 Å². The van der Waals surface area contributed by atoms with Gasteiger partial charge in [0.1, 0.15) is 5.02 Å². The van der Waals surface area contributed by atoms with Gasteiger partial charge in [0.25, 0.3) is 0 Å². The summed E-state index contributed by atoms with van der Waals surface area (Å²) >= 11 is 6.34. The molecule has 1 spiro atoms. The SMILES string of the molecule is COCCN1CCC2(CCN(c3nc(N)nc(C)c3Cl)C2)C1=O. The Morgan fingerprint density at radius 1 is 1.35 bits per heavy atom. The second kappa shape index (κ2) is 6.13. The van der Waals surface area contributed by atoms with Gasteiger partial charge in [-0.15, -0.1) is 0 Å². The number of hydrogen-bond donors (Lipinski definition) is 1. The third kappa shape index (κ3) is 2.83. The molecule has 0 bridgehead atoms. The molecule has 0 aromatic carbocycles. The number of likely N-dealkylation sites (tertiary alicyclic amines) is 1. The molecular formula is C15H22ClN5O2. The average molecular weight is 340 g/mol. The summed E-state index contributed by atoms with van der Waals surface area (Å²) in [6.07, 6.45) is 1.68. The van der Waals surface area contributed by atoms with Gasteiger partial charge in [-0.3, -0.25) is 4.79 Å². The van der Waals surface area contributed by atoms with Gasteiger partial charge in [-0.2, -0.15) is 4.98 Å². The highest BCUT2D eigenvalue weighted by molar-refractivity contribution is 6.33. The molecule has 2 saturated heterocycles. The lowest BCUT2D eigenvalue weighted by Crippen LogP contribution is -2.38. The number of ether oxygens (including phenoxy) is 1. The molecule has 126 valence electrons. The maximum atomic E-state index is 12.8. The second-order valence-electron chi connectivity index (χ2n) is 6.29. The van der Waals surface area contributed by atoms with Gasteiger partial charge in [-0.05, 0) is 19.8 Å². The van der Waals surface area contributed by atoms with Gasteiger partial charge in [0.2, 0.25) is 11.9 Å². The van der Waals surface area contributed by atoms with Crippen LogP contribution in [0.2, 0.25) is 5.02 Å². The average Bonchev–Trinajstić information content (AvgIpc) is 3.08. The van der Waals surface area contributed by atoms with Crippen LogP contribution >= 0.6 is 11.6 Å². The minimum Gasteiger partial charge on any atom is -0.383 e. The molecule has 0 aliphatic carbocycles. The minimum absolute atomic E-state index is 0.210. The molecule has 0 saturated carbocycles. The summed E-state index contributed by atoms with van der Waals surface area (Å²) in [5, 5.41) is 0.512. The highest BCUT2D eigenvalue weighted by Gasteiger charge is 2.51. The standard InChI is InChI=1S/C15H22ClN5O2/c1-10-11(16)12(19-14(17)18-10)21-6-4-15(9-21)3-5-20(13(15)22)7-8-23-2/h3-9H2,1-2H3,(H2,17,18,19). The summed E-state index contributed by atoms with van der Waals surface area (Å²) in [6, 6.07) is 0. The third-order valence-electron chi connectivity index (χ3n) is 4.84. The fourth-order valence-corrected chi connectivity index (χ4v) is 3.72. The van der Waals surface area contributed by atoms with Crippen molar-refractivity contribution >= 4 is 29.3 Å². The normalized spacial score (nSPS) is 24.2. The Balaban J connectivity index is 1.78. The number of carbonyl (C=O) groups is 1. The summed E-state index contributed by atoms with van der Waals surface area (Å²) in [4.78, 5) is 25.1. The molecule has 1 unspecified atom stereocenters. The number of rotatable bonds is 4. The number of aromatic nitrogens is 2. The Hall–Kier alpha value is -1.60. The number of nitrogens with zero attached hydrogens (tertiary/aromatic N) is 4. The van der Waals surface area contributed by atoms with E-state index in [9.17, 15) is 4.79 Å². The van der Waals surface area contributed by atoms with Crippen LogP contribution in [0.3, 0.4) is 0 Å². The Labute approximate surface area is 140 Å². The number of methoxy groups -OCH3 is 1. The van der Waals surface area contributed by atoms with E-state index in [-0.39, 0.29) is 17.3 Å². The van der Waals surface area contributed by atoms with Crippen molar-refractivity contribution in [1.82, 2.24) is 14.9 Å². The summed E-state index contributed by atoms with van der Waals surface area (Å²) in [5.41, 5.74) is 6.08. The molecule has 7 nitrogen and oxygen atoms in total. The topological polar surface area (TPSA) is 84.6 Å². The van der Waals surface area contributed by atoms with Gasteiger partial charge in [-0.25, -0.2) is 4.98 Å². The maximum Gasteiger partial charge on any atom is 0.230 e. The minimum atomic E-state index is -0.329. The van der Waals surface area contributed by atoms with Crippen molar-refractivity contribution in [1.29, 1.82) is 0 Å². The summed E-state index contributed by atoms with van der Waals surface area (Å²) < 4.78 is 5.08. The molecule has 23 heavy (non-hydrogen) atoms. The fraction of sp³-hybridized carbons (Fsp3) is 0.667. The fourth-order valence-electron chi connectivity index (χ4n) is 3.51. The number of nitrogens with two attached hydrogens (primary N) is 1. The van der Waals surface area contributed by atoms with Gasteiger partial charge < -0.3 is 20.3 Å². The van der Waals surface area contributed by atoms with Crippen molar-refractivity contribution in [2.45, 2.75) is 19.8 Å². The second-order valence-corrected chi connectivity index (χ2v) is 6.67. The summed E-state index contributed by atoms with van der Waals surface area (Å²) in [6.45, 7) is 5.19. The van der Waals surface area contributed by atoms with Crippen LogP contribution in [0.1, 0.15) is 18.5 Å². The molecule has 0 radical (unpaired) electrons. The zero-order chi connectivity index (χ0) is 16.6. The lowest BCUT2D eigenvalue weighted by Gasteiger charge is -2.24. The van der Waals surface area contributed by atoms with E-state index in [2.05, 4.69) is 14.9 Å². The van der Waals surface area contributed by atoms with E-state index in [0.717, 1.165) is 25.9 Å². The lowest BCUT2D eigenvalue weighted by atomic mass is 9.85. The Morgan fingerprint density at radius 2 is 2.09 bits per heavy atom. The van der Waals surface area contributed by atoms with Crippen LogP contribution in [0.5, 0.6) is 0 Å². The Morgan fingerprint density at radius 3 is 2.83 bits per heavy atom. The molecule has 1 aromatic rings. The number of carbonyl (C=O) groups excluding carboxylic acids is 1. The highest BCUT2D eigenvalue weighted by Crippen LogP contribution is 2.43. The van der Waals surface area contributed by atoms with E-state index in [1.807, 2.05) is 11.8 Å². The van der Waals surface area contributed by atoms with Gasteiger partial charge >= 0.3 is 0 Å². The molecule has 8 heteroatoms. The van der Waals surface area contributed by atoms with E-state index in [1.54, 1.807) is 7.11 Å². The van der Waals surface area contributed by atoms with E-state index in [4.69, 9.17) is 22.1 Å². The molecule has 3 heterocycles. The molecule has 2 aliphatic rings. The zero-order valence-corrected chi connectivity index (χ0v) is 14.3. The first kappa shape index (κ1) is 16.3. The van der Waals surface area contributed by atoms with Crippen molar-refractivity contribution in [3.63, 3.8) is 0 Å². The first-order valence-electron chi connectivity index (χ1n) is 7.80. The van der Waals surface area contributed by atoms with Crippen LogP contribution < -0.4 is 10.6 Å². The molecular weight excluding hydrogens is 318 g/mol. The van der Waals surface area contributed by atoms with Crippen LogP contribution in [0.25, 0.3) is 0 Å². The van der Waals surface area contributed by atoms with E-state index < -0.39 is 0 Å². The summed E-state index contributed by atoms with van der Waals surface area (Å²) in [5.74, 6) is 1.06. The van der Waals surface area contributed by atoms with E-state index in [1.165, 1.54) is 0 Å². The smallest absolute Gasteiger partial charge is 0.230 e. The zero-order valence-electron chi connectivity index (χ0n) is 13.5. The quantitative estimate of drug-likeness (QED) is 0.884. The first-order valence-corrected chi connectivity index (χ1v) is 8.17. The largest absolute Gasteiger partial charge is 0.383 e. The van der Waals surface area contributed by atoms with Crippen molar-refractivity contribution in [3.05, 3.63) is 10.7 Å². The number of nitrogen functional groups attached to an aromatic ring is 1. The number of anilines is 2. The number of aryl methyl sites for hydroxylation is 1. The van der Waals surface area contributed by atoms with Gasteiger partial charge in [0.15, 0.2) is 5.82 Å². The summed E-state index contributed by atoms with van der Waals surface area (Å²) in [7, 11) is 1.65. The molecule has 2 fully saturated rings. The number of amides is 1. The van der Waals surface area contributed by atoms with Crippen molar-refractivity contribution in [2.75, 3.05) is 50.5 Å². The van der Waals surface area contributed by atoms with Crippen LogP contribution in [-0.4, -0.2) is 60.7 Å². The Bertz CT molecular complexity index is 626. The molecule has 1 atom stereocenters. The number of halogens is 1. The van der Waals surface area contributed by atoms with E-state index >= 15 is 0 Å². The van der Waals surface area contributed by atoms with Crippen molar-refractivity contribution in [2.24, 2.45) is 5.41 Å². The van der Waals surface area contributed by atoms with E-state index in [0.29, 0.717) is 36.2 Å². The molecule has 2 N–H and O–H groups in total. The highest BCUT2D eigenvalue weighted by atomic mass is 35.5. The lowest BCUT2D eigenvalue weighted by molar-refractivity contribution is -0.135. The van der Waals surface area contributed by atoms with Crippen molar-refractivity contribution in [3.8, 4) is 0 Å². The molecule has 2 aliphatic heterocycles. The maximum absolute atomic E-state index is 12.8. The predicted molar refractivity (Wildman–Crippen MR) is 88.5 cm³/mol. The van der Waals surface area contributed by atoms with Crippen LogP contribution in [-0.2, 0) is 9.53 Å². The molecule has 1 amide bonds. The molecule has 3 rings (SSSR count). The van der Waals surface area contributed by atoms with Crippen LogP contribution in [0.4, 0.5) is 11.8 Å². The molecule has 1 aromatic heterocycles. The first-order chi connectivity index (χ1) is 11.0.